The van der Waals surface area contributed by atoms with E-state index < -0.39 is 10.0 Å². The van der Waals surface area contributed by atoms with Crippen molar-refractivity contribution in [3.63, 3.8) is 0 Å². The molecule has 0 aromatic heterocycles. The first-order valence-corrected chi connectivity index (χ1v) is 7.19. The summed E-state index contributed by atoms with van der Waals surface area (Å²) in [6.07, 6.45) is 1.82. The van der Waals surface area contributed by atoms with Crippen LogP contribution in [0.3, 0.4) is 0 Å². The first-order valence-electron chi connectivity index (χ1n) is 5.37. The molecule has 17 heavy (non-hydrogen) atoms. The number of nitrogens with zero attached hydrogens (tertiary/aromatic N) is 1. The maximum atomic E-state index is 12.3. The summed E-state index contributed by atoms with van der Waals surface area (Å²) in [5, 5.41) is 0.226. The Kier molecular flexibility index (Phi) is 3.10. The second kappa shape index (κ2) is 4.15. The standard InChI is InChI=1S/C11H15ClN2O2S/c1-7-5-9(12)11(6-10(7)13)17(15,16)14(2)8-3-4-8/h5-6,8H,3-4,13H2,1-2H3. The monoisotopic (exact) mass is 274 g/mol. The first-order chi connectivity index (χ1) is 7.84. The molecule has 4 nitrogen and oxygen atoms in total. The molecule has 1 fully saturated rings. The van der Waals surface area contributed by atoms with E-state index in [0.717, 1.165) is 18.4 Å². The second-order valence-corrected chi connectivity index (χ2v) is 6.76. The van der Waals surface area contributed by atoms with Gasteiger partial charge >= 0.3 is 0 Å². The lowest BCUT2D eigenvalue weighted by Crippen LogP contribution is -2.29. The number of benzene rings is 1. The van der Waals surface area contributed by atoms with Crippen LogP contribution in [0.1, 0.15) is 18.4 Å². The summed E-state index contributed by atoms with van der Waals surface area (Å²) in [6.45, 7) is 1.79. The fourth-order valence-electron chi connectivity index (χ4n) is 1.66. The zero-order chi connectivity index (χ0) is 12.8. The molecule has 1 aliphatic carbocycles. The first kappa shape index (κ1) is 12.7. The van der Waals surface area contributed by atoms with Gasteiger partial charge in [-0.25, -0.2) is 8.42 Å². The van der Waals surface area contributed by atoms with Crippen molar-refractivity contribution in [2.45, 2.75) is 30.7 Å². The van der Waals surface area contributed by atoms with Crippen LogP contribution in [0.4, 0.5) is 5.69 Å². The van der Waals surface area contributed by atoms with E-state index in [9.17, 15) is 8.42 Å². The minimum absolute atomic E-state index is 0.0941. The molecule has 0 amide bonds. The summed E-state index contributed by atoms with van der Waals surface area (Å²) in [5.41, 5.74) is 6.96. The molecule has 6 heteroatoms. The highest BCUT2D eigenvalue weighted by atomic mass is 35.5. The third-order valence-electron chi connectivity index (χ3n) is 3.04. The van der Waals surface area contributed by atoms with Gasteiger partial charge in [0.05, 0.1) is 5.02 Å². The Morgan fingerprint density at radius 1 is 1.41 bits per heavy atom. The van der Waals surface area contributed by atoms with Crippen LogP contribution in [-0.4, -0.2) is 25.8 Å². The number of sulfonamides is 1. The van der Waals surface area contributed by atoms with E-state index in [1.807, 2.05) is 0 Å². The summed E-state index contributed by atoms with van der Waals surface area (Å²) in [7, 11) is -1.94. The number of rotatable bonds is 3. The van der Waals surface area contributed by atoms with E-state index in [1.165, 1.54) is 10.4 Å². The number of hydrogen-bond donors (Lipinski definition) is 1. The van der Waals surface area contributed by atoms with Gasteiger partial charge in [0.1, 0.15) is 4.90 Å². The van der Waals surface area contributed by atoms with Gasteiger partial charge in [0.25, 0.3) is 0 Å². The van der Waals surface area contributed by atoms with E-state index in [4.69, 9.17) is 17.3 Å². The van der Waals surface area contributed by atoms with Crippen molar-refractivity contribution < 1.29 is 8.42 Å². The summed E-state index contributed by atoms with van der Waals surface area (Å²) >= 11 is 5.99. The van der Waals surface area contributed by atoms with E-state index >= 15 is 0 Å². The summed E-state index contributed by atoms with van der Waals surface area (Å²) in [4.78, 5) is 0.0941. The van der Waals surface area contributed by atoms with E-state index in [2.05, 4.69) is 0 Å². The molecule has 2 rings (SSSR count). The lowest BCUT2D eigenvalue weighted by Gasteiger charge is -2.18. The molecule has 0 atom stereocenters. The van der Waals surface area contributed by atoms with Crippen LogP contribution in [0, 0.1) is 6.92 Å². The Labute approximate surface area is 106 Å². The number of aryl methyl sites for hydroxylation is 1. The third-order valence-corrected chi connectivity index (χ3v) is 5.41. The molecule has 1 saturated carbocycles. The lowest BCUT2D eigenvalue weighted by molar-refractivity contribution is 0.464. The van der Waals surface area contributed by atoms with Gasteiger partial charge in [-0.3, -0.25) is 0 Å². The number of nitrogens with two attached hydrogens (primary N) is 1. The minimum Gasteiger partial charge on any atom is -0.398 e. The predicted molar refractivity (Wildman–Crippen MR) is 68.6 cm³/mol. The number of nitrogen functional groups attached to an aromatic ring is 1. The van der Waals surface area contributed by atoms with Gasteiger partial charge in [0.2, 0.25) is 10.0 Å². The Hall–Kier alpha value is -0.780. The Morgan fingerprint density at radius 2 is 2.00 bits per heavy atom. The quantitative estimate of drug-likeness (QED) is 0.858. The Bertz CT molecular complexity index is 553. The largest absolute Gasteiger partial charge is 0.398 e. The second-order valence-electron chi connectivity index (χ2n) is 4.39. The maximum absolute atomic E-state index is 12.3. The fourth-order valence-corrected chi connectivity index (χ4v) is 3.66. The van der Waals surface area contributed by atoms with Gasteiger partial charge in [-0.2, -0.15) is 4.31 Å². The smallest absolute Gasteiger partial charge is 0.244 e. The molecule has 0 unspecified atom stereocenters. The summed E-state index contributed by atoms with van der Waals surface area (Å²) < 4.78 is 25.9. The Balaban J connectivity index is 2.49. The lowest BCUT2D eigenvalue weighted by atomic mass is 10.2. The number of halogens is 1. The molecule has 1 aromatic rings. The van der Waals surface area contributed by atoms with Crippen LogP contribution in [0.15, 0.2) is 17.0 Å². The van der Waals surface area contributed by atoms with Crippen LogP contribution >= 0.6 is 11.6 Å². The molecular formula is C11H15ClN2O2S. The van der Waals surface area contributed by atoms with Crippen molar-refractivity contribution in [1.82, 2.24) is 4.31 Å². The molecule has 2 N–H and O–H groups in total. The summed E-state index contributed by atoms with van der Waals surface area (Å²) in [6, 6.07) is 3.13. The van der Waals surface area contributed by atoms with Gasteiger partial charge in [0, 0.05) is 18.8 Å². The molecular weight excluding hydrogens is 260 g/mol. The van der Waals surface area contributed by atoms with Crippen LogP contribution in [0.2, 0.25) is 5.02 Å². The molecule has 0 radical (unpaired) electrons. The zero-order valence-electron chi connectivity index (χ0n) is 9.77. The fraction of sp³-hybridized carbons (Fsp3) is 0.455. The summed E-state index contributed by atoms with van der Waals surface area (Å²) in [5.74, 6) is 0. The highest BCUT2D eigenvalue weighted by Gasteiger charge is 2.36. The van der Waals surface area contributed by atoms with Crippen LogP contribution in [-0.2, 0) is 10.0 Å². The normalized spacial score (nSPS) is 16.5. The molecule has 0 heterocycles. The third kappa shape index (κ3) is 2.27. The van der Waals surface area contributed by atoms with Crippen molar-refractivity contribution >= 4 is 27.3 Å². The minimum atomic E-state index is -3.52. The van der Waals surface area contributed by atoms with Crippen molar-refractivity contribution in [3.05, 3.63) is 22.7 Å². The molecule has 0 saturated heterocycles. The van der Waals surface area contributed by atoms with Crippen molar-refractivity contribution in [2.75, 3.05) is 12.8 Å². The van der Waals surface area contributed by atoms with Gasteiger partial charge in [-0.15, -0.1) is 0 Å². The van der Waals surface area contributed by atoms with E-state index in [1.54, 1.807) is 20.0 Å². The average molecular weight is 275 g/mol. The van der Waals surface area contributed by atoms with Gasteiger partial charge in [-0.05, 0) is 37.5 Å². The Morgan fingerprint density at radius 3 is 2.53 bits per heavy atom. The van der Waals surface area contributed by atoms with Crippen molar-refractivity contribution in [3.8, 4) is 0 Å². The zero-order valence-corrected chi connectivity index (χ0v) is 11.3. The van der Waals surface area contributed by atoms with Crippen LogP contribution < -0.4 is 5.73 Å². The molecule has 0 spiro atoms. The molecule has 0 bridgehead atoms. The number of hydrogen-bond acceptors (Lipinski definition) is 3. The average Bonchev–Trinajstić information content (AvgIpc) is 3.05. The van der Waals surface area contributed by atoms with Crippen LogP contribution in [0.25, 0.3) is 0 Å². The maximum Gasteiger partial charge on any atom is 0.244 e. The number of anilines is 1. The highest BCUT2D eigenvalue weighted by molar-refractivity contribution is 7.89. The molecule has 0 aliphatic heterocycles. The molecule has 94 valence electrons. The van der Waals surface area contributed by atoms with Gasteiger partial charge < -0.3 is 5.73 Å². The van der Waals surface area contributed by atoms with Gasteiger partial charge in [-0.1, -0.05) is 11.6 Å². The van der Waals surface area contributed by atoms with Crippen molar-refractivity contribution in [1.29, 1.82) is 0 Å². The van der Waals surface area contributed by atoms with E-state index in [0.29, 0.717) is 5.69 Å². The molecule has 1 aromatic carbocycles. The van der Waals surface area contributed by atoms with E-state index in [-0.39, 0.29) is 16.0 Å². The molecule has 1 aliphatic rings. The highest BCUT2D eigenvalue weighted by Crippen LogP contribution is 2.34. The van der Waals surface area contributed by atoms with Crippen LogP contribution in [0.5, 0.6) is 0 Å². The SMILES string of the molecule is Cc1cc(Cl)c(S(=O)(=O)N(C)C2CC2)cc1N. The topological polar surface area (TPSA) is 63.4 Å². The van der Waals surface area contributed by atoms with Crippen molar-refractivity contribution in [2.24, 2.45) is 0 Å². The predicted octanol–water partition coefficient (Wildman–Crippen LogP) is 2.01. The van der Waals surface area contributed by atoms with Gasteiger partial charge in [0.15, 0.2) is 0 Å².